The van der Waals surface area contributed by atoms with E-state index in [1.165, 1.54) is 0 Å². The Bertz CT molecular complexity index is 189. The molecule has 14 heavy (non-hydrogen) atoms. The highest BCUT2D eigenvalue weighted by molar-refractivity contribution is 5.85. The van der Waals surface area contributed by atoms with Crippen molar-refractivity contribution in [3.63, 3.8) is 0 Å². The van der Waals surface area contributed by atoms with E-state index in [2.05, 4.69) is 5.32 Å². The number of hydrogen-bond acceptors (Lipinski definition) is 2. The number of rotatable bonds is 0. The Labute approximate surface area is 85.1 Å². The molecule has 0 saturated carbocycles. The third-order valence-electron chi connectivity index (χ3n) is 2.27. The summed E-state index contributed by atoms with van der Waals surface area (Å²) in [4.78, 5) is 0. The molecule has 2 atom stereocenters. The molecule has 0 radical (unpaired) electrons. The molecule has 1 aliphatic rings. The van der Waals surface area contributed by atoms with Crippen LogP contribution in [0.2, 0.25) is 0 Å². The van der Waals surface area contributed by atoms with Gasteiger partial charge in [0.05, 0.1) is 0 Å². The predicted molar refractivity (Wildman–Crippen MR) is 45.3 cm³/mol. The van der Waals surface area contributed by atoms with Crippen molar-refractivity contribution < 1.29 is 22.7 Å². The Morgan fingerprint density at radius 1 is 1.29 bits per heavy atom. The molecule has 1 aliphatic heterocycles. The summed E-state index contributed by atoms with van der Waals surface area (Å²) in [5.41, 5.74) is -3.17. The Morgan fingerprint density at radius 3 is 2.36 bits per heavy atom. The first kappa shape index (κ1) is 13.9. The fourth-order valence-corrected chi connectivity index (χ4v) is 1.35. The van der Waals surface area contributed by atoms with Gasteiger partial charge >= 0.3 is 6.18 Å². The second-order valence-electron chi connectivity index (χ2n) is 3.18. The maximum Gasteiger partial charge on any atom is 0.420 e. The van der Waals surface area contributed by atoms with E-state index in [0.717, 1.165) is 0 Å². The largest absolute Gasteiger partial charge is 0.420 e. The number of aliphatic hydroxyl groups is 1. The van der Waals surface area contributed by atoms with E-state index >= 15 is 0 Å². The van der Waals surface area contributed by atoms with Gasteiger partial charge in [-0.05, 0) is 19.5 Å². The third kappa shape index (κ3) is 2.49. The number of nitrogens with one attached hydrogen (secondary N) is 1. The fraction of sp³-hybridized carbons (Fsp3) is 1.00. The van der Waals surface area contributed by atoms with Crippen molar-refractivity contribution in [2.24, 2.45) is 0 Å². The third-order valence-corrected chi connectivity index (χ3v) is 2.27. The summed E-state index contributed by atoms with van der Waals surface area (Å²) in [6, 6.07) is 0. The van der Waals surface area contributed by atoms with Gasteiger partial charge in [0.2, 0.25) is 0 Å². The van der Waals surface area contributed by atoms with Gasteiger partial charge in [-0.3, -0.25) is 0 Å². The van der Waals surface area contributed by atoms with Gasteiger partial charge in [0.25, 0.3) is 0 Å². The lowest BCUT2D eigenvalue weighted by Crippen LogP contribution is -2.52. The van der Waals surface area contributed by atoms with E-state index in [-0.39, 0.29) is 31.9 Å². The first-order valence-corrected chi connectivity index (χ1v) is 4.02. The molecule has 7 heteroatoms. The standard InChI is InChI=1S/C7H11F4NO.ClH/c8-5-1-3-12-4-2-6(5,13)7(9,10)11;/h5,12-13H,1-4H2;1H. The van der Waals surface area contributed by atoms with Crippen LogP contribution in [0.4, 0.5) is 17.6 Å². The molecule has 1 fully saturated rings. The Balaban J connectivity index is 0.00000169. The summed E-state index contributed by atoms with van der Waals surface area (Å²) in [6.07, 6.45) is -8.06. The van der Waals surface area contributed by atoms with Crippen LogP contribution in [-0.4, -0.2) is 36.1 Å². The van der Waals surface area contributed by atoms with Gasteiger partial charge in [-0.2, -0.15) is 13.2 Å². The average molecular weight is 238 g/mol. The van der Waals surface area contributed by atoms with Gasteiger partial charge in [0.1, 0.15) is 6.17 Å². The topological polar surface area (TPSA) is 32.3 Å². The van der Waals surface area contributed by atoms with E-state index in [1.54, 1.807) is 0 Å². The molecule has 0 amide bonds. The van der Waals surface area contributed by atoms with Gasteiger partial charge in [0, 0.05) is 6.42 Å². The maximum absolute atomic E-state index is 13.0. The van der Waals surface area contributed by atoms with Crippen LogP contribution < -0.4 is 5.32 Å². The average Bonchev–Trinajstić information content (AvgIpc) is 2.14. The van der Waals surface area contributed by atoms with Gasteiger partial charge in [-0.15, -0.1) is 12.4 Å². The Morgan fingerprint density at radius 2 is 1.86 bits per heavy atom. The quantitative estimate of drug-likeness (QED) is 0.625. The van der Waals surface area contributed by atoms with E-state index in [1.807, 2.05) is 0 Å². The summed E-state index contributed by atoms with van der Waals surface area (Å²) in [5, 5.41) is 11.7. The molecule has 0 aromatic carbocycles. The number of hydrogen-bond donors (Lipinski definition) is 2. The summed E-state index contributed by atoms with van der Waals surface area (Å²) >= 11 is 0. The van der Waals surface area contributed by atoms with Gasteiger partial charge in [0.15, 0.2) is 5.60 Å². The van der Waals surface area contributed by atoms with Crippen LogP contribution in [0, 0.1) is 0 Å². The van der Waals surface area contributed by atoms with Crippen LogP contribution in [0.1, 0.15) is 12.8 Å². The van der Waals surface area contributed by atoms with Crippen molar-refractivity contribution in [1.29, 1.82) is 0 Å². The highest BCUT2D eigenvalue weighted by atomic mass is 35.5. The second-order valence-corrected chi connectivity index (χ2v) is 3.18. The van der Waals surface area contributed by atoms with Crippen LogP contribution in [0.25, 0.3) is 0 Å². The fourth-order valence-electron chi connectivity index (χ4n) is 1.35. The van der Waals surface area contributed by atoms with Crippen LogP contribution in [-0.2, 0) is 0 Å². The van der Waals surface area contributed by atoms with Gasteiger partial charge < -0.3 is 10.4 Å². The molecule has 1 heterocycles. The van der Waals surface area contributed by atoms with Crippen molar-refractivity contribution in [3.8, 4) is 0 Å². The van der Waals surface area contributed by atoms with Crippen LogP contribution >= 0.6 is 12.4 Å². The van der Waals surface area contributed by atoms with Gasteiger partial charge in [-0.25, -0.2) is 4.39 Å². The van der Waals surface area contributed by atoms with E-state index < -0.39 is 24.4 Å². The zero-order valence-electron chi connectivity index (χ0n) is 7.27. The molecule has 0 aromatic rings. The molecule has 0 bridgehead atoms. The molecule has 1 rings (SSSR count). The van der Waals surface area contributed by atoms with Crippen LogP contribution in [0.3, 0.4) is 0 Å². The van der Waals surface area contributed by atoms with Crippen molar-refractivity contribution in [1.82, 2.24) is 5.32 Å². The molecule has 0 aromatic heterocycles. The van der Waals surface area contributed by atoms with Crippen molar-refractivity contribution in [3.05, 3.63) is 0 Å². The molecular formula is C7H12ClF4NO. The second kappa shape index (κ2) is 4.63. The monoisotopic (exact) mass is 237 g/mol. The summed E-state index contributed by atoms with van der Waals surface area (Å²) < 4.78 is 49.7. The number of alkyl halides is 4. The minimum Gasteiger partial charge on any atom is -0.378 e. The number of halogens is 5. The predicted octanol–water partition coefficient (Wildman–Crippen LogP) is 1.42. The van der Waals surface area contributed by atoms with E-state index in [0.29, 0.717) is 0 Å². The molecular weight excluding hydrogens is 226 g/mol. The van der Waals surface area contributed by atoms with Crippen molar-refractivity contribution in [2.75, 3.05) is 13.1 Å². The highest BCUT2D eigenvalue weighted by Crippen LogP contribution is 2.38. The molecule has 1 saturated heterocycles. The van der Waals surface area contributed by atoms with E-state index in [9.17, 15) is 17.6 Å². The molecule has 86 valence electrons. The first-order chi connectivity index (χ1) is 5.88. The summed E-state index contributed by atoms with van der Waals surface area (Å²) in [6.45, 7) is 0.149. The van der Waals surface area contributed by atoms with Crippen molar-refractivity contribution in [2.45, 2.75) is 30.8 Å². The molecule has 2 unspecified atom stereocenters. The maximum atomic E-state index is 13.0. The molecule has 0 spiro atoms. The minimum atomic E-state index is -4.89. The zero-order valence-corrected chi connectivity index (χ0v) is 8.09. The van der Waals surface area contributed by atoms with Crippen LogP contribution in [0.5, 0.6) is 0 Å². The summed E-state index contributed by atoms with van der Waals surface area (Å²) in [7, 11) is 0. The lowest BCUT2D eigenvalue weighted by Gasteiger charge is -2.31. The smallest absolute Gasteiger partial charge is 0.378 e. The first-order valence-electron chi connectivity index (χ1n) is 4.02. The minimum absolute atomic E-state index is 0. The van der Waals surface area contributed by atoms with Gasteiger partial charge in [-0.1, -0.05) is 0 Å². The lowest BCUT2D eigenvalue weighted by atomic mass is 9.92. The lowest BCUT2D eigenvalue weighted by molar-refractivity contribution is -0.281. The SMILES string of the molecule is Cl.OC1(C(F)(F)F)CCNCCC1F. The zero-order chi connectivity index (χ0) is 10.1. The Hall–Kier alpha value is -0.0700. The highest BCUT2D eigenvalue weighted by Gasteiger charge is 2.58. The normalized spacial score (nSPS) is 34.5. The van der Waals surface area contributed by atoms with Crippen molar-refractivity contribution >= 4 is 12.4 Å². The molecule has 2 N–H and O–H groups in total. The molecule has 2 nitrogen and oxygen atoms in total. The van der Waals surface area contributed by atoms with Crippen LogP contribution in [0.15, 0.2) is 0 Å². The van der Waals surface area contributed by atoms with E-state index in [4.69, 9.17) is 5.11 Å². The Kier molecular flexibility index (Phi) is 4.61. The molecule has 0 aliphatic carbocycles. The summed E-state index contributed by atoms with van der Waals surface area (Å²) in [5.74, 6) is 0.